The van der Waals surface area contributed by atoms with Gasteiger partial charge in [-0.05, 0) is 24.5 Å². The summed E-state index contributed by atoms with van der Waals surface area (Å²) >= 11 is 0. The van der Waals surface area contributed by atoms with Gasteiger partial charge >= 0.3 is 0 Å². The molecular weight excluding hydrogens is 264 g/mol. The van der Waals surface area contributed by atoms with Crippen LogP contribution in [0.3, 0.4) is 0 Å². The molecule has 2 aromatic carbocycles. The van der Waals surface area contributed by atoms with Gasteiger partial charge in [-0.1, -0.05) is 48.5 Å². The highest BCUT2D eigenvalue weighted by atomic mass is 16.3. The maximum Gasteiger partial charge on any atom is 0.237 e. The van der Waals surface area contributed by atoms with Gasteiger partial charge in [0.05, 0.1) is 6.04 Å². The summed E-state index contributed by atoms with van der Waals surface area (Å²) in [6, 6.07) is 16.3. The monoisotopic (exact) mass is 284 g/mol. The average molecular weight is 284 g/mol. The van der Waals surface area contributed by atoms with Crippen LogP contribution in [0.5, 0.6) is 5.75 Å². The number of nitrogens with one attached hydrogen (secondary N) is 1. The first-order valence-corrected chi connectivity index (χ1v) is 7.01. The number of hydrogen-bond donors (Lipinski definition) is 3. The summed E-state index contributed by atoms with van der Waals surface area (Å²) in [5, 5.41) is 12.4. The predicted octanol–water partition coefficient (Wildman–Crippen LogP) is 1.97. The highest BCUT2D eigenvalue weighted by Gasteiger charge is 2.13. The van der Waals surface area contributed by atoms with Crippen molar-refractivity contribution < 1.29 is 9.90 Å². The third-order valence-electron chi connectivity index (χ3n) is 3.37. The zero-order chi connectivity index (χ0) is 15.1. The topological polar surface area (TPSA) is 75.4 Å². The van der Waals surface area contributed by atoms with Crippen LogP contribution in [0.25, 0.3) is 0 Å². The number of amides is 1. The Kier molecular flexibility index (Phi) is 5.35. The molecular formula is C17H20N2O2. The van der Waals surface area contributed by atoms with Crippen LogP contribution in [0, 0.1) is 0 Å². The van der Waals surface area contributed by atoms with Crippen LogP contribution >= 0.6 is 0 Å². The van der Waals surface area contributed by atoms with E-state index in [0.29, 0.717) is 12.0 Å². The molecule has 1 unspecified atom stereocenters. The fourth-order valence-electron chi connectivity index (χ4n) is 2.07. The molecule has 0 aliphatic rings. The van der Waals surface area contributed by atoms with Crippen molar-refractivity contribution in [1.29, 1.82) is 0 Å². The summed E-state index contributed by atoms with van der Waals surface area (Å²) in [7, 11) is 0. The maximum atomic E-state index is 11.9. The summed E-state index contributed by atoms with van der Waals surface area (Å²) in [5.41, 5.74) is 7.74. The first kappa shape index (κ1) is 15.1. The van der Waals surface area contributed by atoms with Crippen molar-refractivity contribution >= 4 is 5.91 Å². The molecule has 0 spiro atoms. The van der Waals surface area contributed by atoms with E-state index in [2.05, 4.69) is 5.32 Å². The Hall–Kier alpha value is -2.33. The highest BCUT2D eigenvalue weighted by Crippen LogP contribution is 2.14. The van der Waals surface area contributed by atoms with Crippen LogP contribution in [-0.4, -0.2) is 17.1 Å². The van der Waals surface area contributed by atoms with Gasteiger partial charge in [-0.25, -0.2) is 0 Å². The van der Waals surface area contributed by atoms with Gasteiger partial charge in [-0.3, -0.25) is 4.79 Å². The second kappa shape index (κ2) is 7.45. The van der Waals surface area contributed by atoms with Crippen molar-refractivity contribution in [3.05, 3.63) is 65.7 Å². The molecule has 4 nitrogen and oxygen atoms in total. The molecule has 4 N–H and O–H groups in total. The molecule has 1 amide bonds. The van der Waals surface area contributed by atoms with Gasteiger partial charge in [0.1, 0.15) is 5.75 Å². The van der Waals surface area contributed by atoms with Gasteiger partial charge < -0.3 is 16.2 Å². The highest BCUT2D eigenvalue weighted by molar-refractivity contribution is 5.81. The van der Waals surface area contributed by atoms with E-state index in [1.54, 1.807) is 18.2 Å². The Morgan fingerprint density at radius 1 is 1.10 bits per heavy atom. The molecule has 0 fully saturated rings. The Morgan fingerprint density at radius 2 is 1.76 bits per heavy atom. The van der Waals surface area contributed by atoms with E-state index >= 15 is 0 Å². The fraction of sp³-hybridized carbons (Fsp3) is 0.235. The molecule has 0 radical (unpaired) electrons. The molecule has 0 aliphatic heterocycles. The van der Waals surface area contributed by atoms with Crippen LogP contribution < -0.4 is 11.1 Å². The van der Waals surface area contributed by atoms with E-state index in [1.165, 1.54) is 5.56 Å². The summed E-state index contributed by atoms with van der Waals surface area (Å²) in [6.07, 6.45) is 1.36. The maximum absolute atomic E-state index is 11.9. The number of hydrogen-bond acceptors (Lipinski definition) is 3. The Bertz CT molecular complexity index is 584. The lowest BCUT2D eigenvalue weighted by Gasteiger charge is -2.13. The molecule has 1 atom stereocenters. The van der Waals surface area contributed by atoms with Gasteiger partial charge in [0, 0.05) is 12.1 Å². The minimum atomic E-state index is -0.545. The molecule has 4 heteroatoms. The third-order valence-corrected chi connectivity index (χ3v) is 3.37. The van der Waals surface area contributed by atoms with Crippen molar-refractivity contribution in [3.63, 3.8) is 0 Å². The van der Waals surface area contributed by atoms with E-state index in [4.69, 9.17) is 5.73 Å². The van der Waals surface area contributed by atoms with Crippen LogP contribution in [-0.2, 0) is 17.8 Å². The molecule has 2 aromatic rings. The van der Waals surface area contributed by atoms with Gasteiger partial charge in [0.25, 0.3) is 0 Å². The number of para-hydroxylation sites is 1. The summed E-state index contributed by atoms with van der Waals surface area (Å²) < 4.78 is 0. The van der Waals surface area contributed by atoms with Crippen molar-refractivity contribution in [3.8, 4) is 5.75 Å². The van der Waals surface area contributed by atoms with E-state index in [1.807, 2.05) is 36.4 Å². The smallest absolute Gasteiger partial charge is 0.237 e. The molecule has 0 aromatic heterocycles. The molecule has 0 saturated carbocycles. The van der Waals surface area contributed by atoms with Crippen LogP contribution in [0.4, 0.5) is 0 Å². The first-order chi connectivity index (χ1) is 10.2. The second-order valence-electron chi connectivity index (χ2n) is 4.98. The standard InChI is InChI=1S/C17H20N2O2/c18-15(11-10-13-6-2-1-3-7-13)17(21)19-12-14-8-4-5-9-16(14)20/h1-9,15,20H,10-12,18H2,(H,19,21). The molecule has 0 aliphatic carbocycles. The molecule has 110 valence electrons. The number of carbonyl (C=O) groups is 1. The van der Waals surface area contributed by atoms with E-state index in [-0.39, 0.29) is 18.2 Å². The minimum absolute atomic E-state index is 0.177. The minimum Gasteiger partial charge on any atom is -0.508 e. The quantitative estimate of drug-likeness (QED) is 0.759. The number of nitrogens with two attached hydrogens (primary N) is 1. The largest absolute Gasteiger partial charge is 0.508 e. The summed E-state index contributed by atoms with van der Waals surface area (Å²) in [4.78, 5) is 11.9. The number of benzene rings is 2. The van der Waals surface area contributed by atoms with E-state index in [9.17, 15) is 9.90 Å². The molecule has 21 heavy (non-hydrogen) atoms. The van der Waals surface area contributed by atoms with Crippen molar-refractivity contribution in [2.24, 2.45) is 5.73 Å². The van der Waals surface area contributed by atoms with Crippen LogP contribution in [0.15, 0.2) is 54.6 Å². The summed E-state index contributed by atoms with van der Waals surface area (Å²) in [6.45, 7) is 0.282. The normalized spacial score (nSPS) is 11.9. The molecule has 0 saturated heterocycles. The zero-order valence-electron chi connectivity index (χ0n) is 11.8. The lowest BCUT2D eigenvalue weighted by Crippen LogP contribution is -2.40. The van der Waals surface area contributed by atoms with Crippen molar-refractivity contribution in [2.45, 2.75) is 25.4 Å². The molecule has 0 bridgehead atoms. The van der Waals surface area contributed by atoms with E-state index in [0.717, 1.165) is 6.42 Å². The zero-order valence-corrected chi connectivity index (χ0v) is 11.8. The Labute approximate surface area is 124 Å². The second-order valence-corrected chi connectivity index (χ2v) is 4.98. The number of rotatable bonds is 6. The predicted molar refractivity (Wildman–Crippen MR) is 82.7 cm³/mol. The van der Waals surface area contributed by atoms with E-state index < -0.39 is 6.04 Å². The third kappa shape index (κ3) is 4.61. The summed E-state index contributed by atoms with van der Waals surface area (Å²) in [5.74, 6) is -0.0233. The Morgan fingerprint density at radius 3 is 2.48 bits per heavy atom. The van der Waals surface area contributed by atoms with Crippen LogP contribution in [0.1, 0.15) is 17.5 Å². The lowest BCUT2D eigenvalue weighted by atomic mass is 10.1. The number of carbonyl (C=O) groups excluding carboxylic acids is 1. The first-order valence-electron chi connectivity index (χ1n) is 7.01. The van der Waals surface area contributed by atoms with Gasteiger partial charge in [-0.2, -0.15) is 0 Å². The Balaban J connectivity index is 1.79. The number of phenols is 1. The number of aromatic hydroxyl groups is 1. The van der Waals surface area contributed by atoms with Crippen molar-refractivity contribution in [2.75, 3.05) is 0 Å². The van der Waals surface area contributed by atoms with Gasteiger partial charge in [0.15, 0.2) is 0 Å². The SMILES string of the molecule is NC(CCc1ccccc1)C(=O)NCc1ccccc1O. The van der Waals surface area contributed by atoms with Crippen molar-refractivity contribution in [1.82, 2.24) is 5.32 Å². The number of aryl methyl sites for hydroxylation is 1. The molecule has 0 heterocycles. The molecule has 2 rings (SSSR count). The number of phenolic OH excluding ortho intramolecular Hbond substituents is 1. The average Bonchev–Trinajstić information content (AvgIpc) is 2.52. The lowest BCUT2D eigenvalue weighted by molar-refractivity contribution is -0.122. The fourth-order valence-corrected chi connectivity index (χ4v) is 2.07. The van der Waals surface area contributed by atoms with Gasteiger partial charge in [0.2, 0.25) is 5.91 Å². The van der Waals surface area contributed by atoms with Crippen LogP contribution in [0.2, 0.25) is 0 Å². The van der Waals surface area contributed by atoms with Gasteiger partial charge in [-0.15, -0.1) is 0 Å².